The van der Waals surface area contributed by atoms with Crippen LogP contribution in [0.2, 0.25) is 0 Å². The van der Waals surface area contributed by atoms with E-state index in [0.29, 0.717) is 6.54 Å². The Hall–Kier alpha value is -2.12. The molecule has 4 N–H and O–H groups in total. The Kier molecular flexibility index (Phi) is 9.94. The summed E-state index contributed by atoms with van der Waals surface area (Å²) in [6.07, 6.45) is 0.357. The van der Waals surface area contributed by atoms with E-state index in [1.807, 2.05) is 48.5 Å². The van der Waals surface area contributed by atoms with Crippen molar-refractivity contribution >= 4 is 0 Å². The van der Waals surface area contributed by atoms with Gasteiger partial charge in [0.1, 0.15) is 30.3 Å². The first-order valence-corrected chi connectivity index (χ1v) is 10.2. The number of benzene rings is 2. The van der Waals surface area contributed by atoms with Crippen molar-refractivity contribution in [3.05, 3.63) is 59.7 Å². The molecule has 6 heteroatoms. The number of nitrogens with one attached hydrogen (secondary N) is 1. The van der Waals surface area contributed by atoms with Crippen molar-refractivity contribution in [3.63, 3.8) is 0 Å². The average Bonchev–Trinajstić information content (AvgIpc) is 2.74. The molecule has 0 spiro atoms. The molecule has 160 valence electrons. The van der Waals surface area contributed by atoms with Crippen molar-refractivity contribution in [2.24, 2.45) is 0 Å². The third kappa shape index (κ3) is 8.03. The van der Waals surface area contributed by atoms with E-state index in [4.69, 9.17) is 14.2 Å². The lowest BCUT2D eigenvalue weighted by Gasteiger charge is -2.21. The van der Waals surface area contributed by atoms with Gasteiger partial charge in [-0.15, -0.1) is 0 Å². The van der Waals surface area contributed by atoms with Crippen LogP contribution in [-0.2, 0) is 4.74 Å². The number of rotatable bonds is 13. The first-order valence-electron chi connectivity index (χ1n) is 10.2. The van der Waals surface area contributed by atoms with Crippen LogP contribution in [0.3, 0.4) is 0 Å². The van der Waals surface area contributed by atoms with Gasteiger partial charge in [-0.25, -0.2) is 0 Å². The molecule has 0 fully saturated rings. The lowest BCUT2D eigenvalue weighted by molar-refractivity contribution is -0.860. The summed E-state index contributed by atoms with van der Waals surface area (Å²) in [4.78, 5) is 1.45. The molecule has 0 aromatic heterocycles. The maximum atomic E-state index is 10.4. The van der Waals surface area contributed by atoms with Crippen molar-refractivity contribution in [2.45, 2.75) is 18.6 Å². The normalized spacial score (nSPS) is 12.4. The Morgan fingerprint density at radius 2 is 1.41 bits per heavy atom. The number of methoxy groups -OCH3 is 2. The van der Waals surface area contributed by atoms with Gasteiger partial charge in [-0.2, -0.15) is 0 Å². The fourth-order valence-corrected chi connectivity index (χ4v) is 3.13. The van der Waals surface area contributed by atoms with Crippen LogP contribution in [0.1, 0.15) is 23.7 Å². The molecular formula is C23H36N2O4+2. The van der Waals surface area contributed by atoms with E-state index in [9.17, 15) is 5.11 Å². The summed E-state index contributed by atoms with van der Waals surface area (Å²) in [5.41, 5.74) is 2.03. The van der Waals surface area contributed by atoms with Gasteiger partial charge < -0.3 is 29.5 Å². The Morgan fingerprint density at radius 3 is 1.86 bits per heavy atom. The number of nitrogens with two attached hydrogens (primary N) is 1. The lowest BCUT2D eigenvalue weighted by atomic mass is 10.0. The lowest BCUT2D eigenvalue weighted by Crippen LogP contribution is -3.06. The second-order valence-corrected chi connectivity index (χ2v) is 7.54. The molecule has 0 aliphatic rings. The summed E-state index contributed by atoms with van der Waals surface area (Å²) in [6, 6.07) is 15.7. The first-order chi connectivity index (χ1) is 14.0. The van der Waals surface area contributed by atoms with Crippen molar-refractivity contribution in [3.8, 4) is 11.5 Å². The van der Waals surface area contributed by atoms with Crippen LogP contribution in [0.4, 0.5) is 0 Å². The van der Waals surface area contributed by atoms with Crippen LogP contribution >= 0.6 is 0 Å². The maximum Gasteiger partial charge on any atom is 0.126 e. The molecule has 29 heavy (non-hydrogen) atoms. The molecule has 2 aromatic rings. The fourth-order valence-electron chi connectivity index (χ4n) is 3.13. The summed E-state index contributed by atoms with van der Waals surface area (Å²) < 4.78 is 16.7. The molecule has 2 rings (SSSR count). The van der Waals surface area contributed by atoms with Crippen LogP contribution in [-0.4, -0.2) is 65.8 Å². The Morgan fingerprint density at radius 1 is 0.897 bits per heavy atom. The van der Waals surface area contributed by atoms with Gasteiger partial charge in [-0.05, 0) is 35.4 Å². The SMILES string of the molecule is COc1ccc(C(OC[C@H](O)C[NH2+]CCC[NH+](C)C)c2ccc(OC)cc2)cc1. The van der Waals surface area contributed by atoms with E-state index >= 15 is 0 Å². The molecule has 0 bridgehead atoms. The van der Waals surface area contributed by atoms with Crippen LogP contribution in [0, 0.1) is 0 Å². The minimum absolute atomic E-state index is 0.265. The second kappa shape index (κ2) is 12.4. The highest BCUT2D eigenvalue weighted by molar-refractivity contribution is 5.36. The van der Waals surface area contributed by atoms with Gasteiger partial charge in [0.05, 0.1) is 48.0 Å². The summed E-state index contributed by atoms with van der Waals surface area (Å²) in [7, 11) is 7.61. The monoisotopic (exact) mass is 404 g/mol. The van der Waals surface area contributed by atoms with Gasteiger partial charge in [0, 0.05) is 6.42 Å². The molecule has 0 aliphatic carbocycles. The highest BCUT2D eigenvalue weighted by atomic mass is 16.5. The van der Waals surface area contributed by atoms with Crippen molar-refractivity contribution in [1.29, 1.82) is 0 Å². The summed E-state index contributed by atoms with van der Waals surface area (Å²) in [6.45, 7) is 3.07. The van der Waals surface area contributed by atoms with Crippen LogP contribution in [0.15, 0.2) is 48.5 Å². The second-order valence-electron chi connectivity index (χ2n) is 7.54. The molecule has 0 saturated carbocycles. The molecule has 1 atom stereocenters. The highest BCUT2D eigenvalue weighted by Crippen LogP contribution is 2.29. The topological polar surface area (TPSA) is 69.0 Å². The zero-order chi connectivity index (χ0) is 21.1. The van der Waals surface area contributed by atoms with Gasteiger partial charge in [0.25, 0.3) is 0 Å². The van der Waals surface area contributed by atoms with Gasteiger partial charge in [-0.3, -0.25) is 0 Å². The zero-order valence-electron chi connectivity index (χ0n) is 18.1. The van der Waals surface area contributed by atoms with E-state index in [0.717, 1.165) is 42.1 Å². The molecule has 0 heterocycles. The Labute approximate surface area is 174 Å². The van der Waals surface area contributed by atoms with Crippen LogP contribution in [0.25, 0.3) is 0 Å². The molecule has 6 nitrogen and oxygen atoms in total. The van der Waals surface area contributed by atoms with Gasteiger partial charge in [-0.1, -0.05) is 24.3 Å². The van der Waals surface area contributed by atoms with Crippen LogP contribution in [0.5, 0.6) is 11.5 Å². The predicted octanol–water partition coefficient (Wildman–Crippen LogP) is 0.269. The van der Waals surface area contributed by atoms with Crippen molar-refractivity contribution in [2.75, 3.05) is 54.6 Å². The predicted molar refractivity (Wildman–Crippen MR) is 114 cm³/mol. The third-order valence-electron chi connectivity index (χ3n) is 4.82. The molecule has 0 amide bonds. The van der Waals surface area contributed by atoms with E-state index in [1.165, 1.54) is 4.90 Å². The van der Waals surface area contributed by atoms with Crippen molar-refractivity contribution in [1.82, 2.24) is 0 Å². The molecule has 0 saturated heterocycles. The van der Waals surface area contributed by atoms with Gasteiger partial charge in [0.15, 0.2) is 0 Å². The smallest absolute Gasteiger partial charge is 0.126 e. The van der Waals surface area contributed by atoms with E-state index < -0.39 is 6.10 Å². The molecule has 2 aromatic carbocycles. The fraction of sp³-hybridized carbons (Fsp3) is 0.478. The number of quaternary nitrogens is 2. The van der Waals surface area contributed by atoms with Gasteiger partial charge >= 0.3 is 0 Å². The average molecular weight is 405 g/mol. The number of hydrogen-bond donors (Lipinski definition) is 3. The minimum Gasteiger partial charge on any atom is -0.497 e. The maximum absolute atomic E-state index is 10.4. The molecule has 0 aliphatic heterocycles. The highest BCUT2D eigenvalue weighted by Gasteiger charge is 2.18. The summed E-state index contributed by atoms with van der Waals surface area (Å²) in [5.74, 6) is 1.60. The third-order valence-corrected chi connectivity index (χ3v) is 4.82. The quantitative estimate of drug-likeness (QED) is 0.419. The number of aliphatic hydroxyl groups excluding tert-OH is 1. The molecular weight excluding hydrogens is 368 g/mol. The molecule has 0 unspecified atom stereocenters. The van der Waals surface area contributed by atoms with Crippen molar-refractivity contribution < 1.29 is 29.5 Å². The standard InChI is InChI=1S/C23H34N2O4/c1-25(2)15-5-14-24-16-20(26)17-29-23(18-6-10-21(27-3)11-7-18)19-8-12-22(28-4)13-9-19/h6-13,20,23-24,26H,5,14-17H2,1-4H3/p+2/t20-/m1/s1. The van der Waals surface area contributed by atoms with E-state index in [-0.39, 0.29) is 12.7 Å². The summed E-state index contributed by atoms with van der Waals surface area (Å²) >= 11 is 0. The largest absolute Gasteiger partial charge is 0.497 e. The zero-order valence-corrected chi connectivity index (χ0v) is 18.1. The summed E-state index contributed by atoms with van der Waals surface area (Å²) in [5, 5.41) is 12.5. The van der Waals surface area contributed by atoms with E-state index in [1.54, 1.807) is 14.2 Å². The first kappa shape index (κ1) is 23.2. The Balaban J connectivity index is 1.97. The minimum atomic E-state index is -0.513. The van der Waals surface area contributed by atoms with Gasteiger partial charge in [0.2, 0.25) is 0 Å². The molecule has 0 radical (unpaired) electrons. The number of aliphatic hydroxyl groups is 1. The number of hydrogen-bond acceptors (Lipinski definition) is 4. The number of ether oxygens (including phenoxy) is 3. The van der Waals surface area contributed by atoms with E-state index in [2.05, 4.69) is 19.4 Å². The van der Waals surface area contributed by atoms with Crippen LogP contribution < -0.4 is 19.7 Å². The Bertz CT molecular complexity index is 642.